The first-order valence-corrected chi connectivity index (χ1v) is 16.4. The third kappa shape index (κ3) is 8.68. The fourth-order valence-electron chi connectivity index (χ4n) is 7.95. The minimum absolute atomic E-state index is 0.0113. The van der Waals surface area contributed by atoms with Crippen LogP contribution in [-0.2, 0) is 25.7 Å². The highest BCUT2D eigenvalue weighted by Crippen LogP contribution is 2.53. The fraction of sp³-hybridized carbons (Fsp3) is 0.611. The number of anilines is 1. The minimum Gasteiger partial charge on any atom is -0.481 e. The third-order valence-electron chi connectivity index (χ3n) is 9.59. The molecule has 2 heterocycles. The average molecular weight is 607 g/mol. The molecule has 2 bridgehead atoms. The van der Waals surface area contributed by atoms with Crippen molar-refractivity contribution in [1.29, 1.82) is 0 Å². The van der Waals surface area contributed by atoms with Crippen molar-refractivity contribution >= 4 is 17.6 Å². The molecule has 2 aromatic rings. The predicted molar refractivity (Wildman–Crippen MR) is 170 cm³/mol. The van der Waals surface area contributed by atoms with Gasteiger partial charge in [0.1, 0.15) is 0 Å². The number of aliphatic hydroxyl groups excluding tert-OH is 1. The van der Waals surface area contributed by atoms with E-state index in [9.17, 15) is 14.7 Å². The van der Waals surface area contributed by atoms with Gasteiger partial charge in [-0.1, -0.05) is 70.0 Å². The predicted octanol–water partition coefficient (Wildman–Crippen LogP) is 6.99. The molecule has 1 aliphatic carbocycles. The van der Waals surface area contributed by atoms with E-state index in [1.807, 2.05) is 48.5 Å². The Kier molecular flexibility index (Phi) is 10.5. The van der Waals surface area contributed by atoms with Crippen LogP contribution in [0.4, 0.5) is 5.69 Å². The number of unbranched alkanes of at least 4 members (excludes halogenated alkanes) is 3. The summed E-state index contributed by atoms with van der Waals surface area (Å²) < 4.78 is 13.2. The van der Waals surface area contributed by atoms with Crippen molar-refractivity contribution in [2.75, 3.05) is 18.4 Å². The number of aliphatic carboxylic acids is 1. The highest BCUT2D eigenvalue weighted by molar-refractivity contribution is 5.90. The molecule has 8 heteroatoms. The number of nitrogens with zero attached hydrogens (tertiary/aromatic N) is 1. The van der Waals surface area contributed by atoms with Gasteiger partial charge in [0, 0.05) is 49.6 Å². The van der Waals surface area contributed by atoms with Gasteiger partial charge in [0.15, 0.2) is 6.29 Å². The summed E-state index contributed by atoms with van der Waals surface area (Å²) >= 11 is 0. The topological polar surface area (TPSA) is 108 Å². The number of nitrogens with one attached hydrogen (secondary N) is 1. The first-order chi connectivity index (χ1) is 21.0. The minimum atomic E-state index is -0.773. The number of carboxylic acids is 1. The van der Waals surface area contributed by atoms with E-state index in [0.717, 1.165) is 61.2 Å². The van der Waals surface area contributed by atoms with Gasteiger partial charge in [0.05, 0.1) is 18.8 Å². The summed E-state index contributed by atoms with van der Waals surface area (Å²) in [7, 11) is 0. The molecule has 44 heavy (non-hydrogen) atoms. The summed E-state index contributed by atoms with van der Waals surface area (Å²) in [5.74, 6) is -0.814. The smallest absolute Gasteiger partial charge is 0.303 e. The van der Waals surface area contributed by atoms with Crippen molar-refractivity contribution in [3.8, 4) is 0 Å². The van der Waals surface area contributed by atoms with Crippen LogP contribution >= 0.6 is 0 Å². The van der Waals surface area contributed by atoms with Gasteiger partial charge in [-0.05, 0) is 66.2 Å². The number of aliphatic hydroxyl groups is 1. The Hall–Kier alpha value is -2.78. The SMILES string of the molecule is CC1(C)CC2CC(C)(CN2CC2CC(c3ccc(CO)cc3)OC(c3ccc(NC(=O)CCCCCCC(=O)O)cc3)O2)C1. The van der Waals surface area contributed by atoms with Gasteiger partial charge < -0.3 is 25.0 Å². The van der Waals surface area contributed by atoms with Gasteiger partial charge in [-0.3, -0.25) is 14.5 Å². The second-order valence-electron chi connectivity index (χ2n) is 14.5. The molecule has 5 atom stereocenters. The maximum absolute atomic E-state index is 12.5. The highest BCUT2D eigenvalue weighted by atomic mass is 16.7. The molecule has 0 aromatic heterocycles. The summed E-state index contributed by atoms with van der Waals surface area (Å²) in [4.78, 5) is 25.8. The Labute approximate surface area is 262 Å². The number of ether oxygens (including phenoxy) is 2. The summed E-state index contributed by atoms with van der Waals surface area (Å²) in [6.45, 7) is 9.27. The Morgan fingerprint density at radius 1 is 0.909 bits per heavy atom. The molecule has 2 aliphatic heterocycles. The number of carboxylic acid groups (broad SMARTS) is 1. The quantitative estimate of drug-likeness (QED) is 0.211. The second kappa shape index (κ2) is 14.1. The molecule has 3 N–H and O–H groups in total. The van der Waals surface area contributed by atoms with E-state index in [0.29, 0.717) is 29.7 Å². The lowest BCUT2D eigenvalue weighted by atomic mass is 9.65. The van der Waals surface area contributed by atoms with Crippen LogP contribution in [0.2, 0.25) is 0 Å². The molecule has 1 saturated carbocycles. The first-order valence-electron chi connectivity index (χ1n) is 16.4. The van der Waals surface area contributed by atoms with E-state index in [2.05, 4.69) is 31.0 Å². The van der Waals surface area contributed by atoms with Crippen LogP contribution in [0.3, 0.4) is 0 Å². The number of benzene rings is 2. The molecule has 8 nitrogen and oxygen atoms in total. The van der Waals surface area contributed by atoms with E-state index >= 15 is 0 Å². The first kappa shape index (κ1) is 32.6. The molecular weight excluding hydrogens is 556 g/mol. The number of carbonyl (C=O) groups excluding carboxylic acids is 1. The molecule has 0 radical (unpaired) electrons. The maximum Gasteiger partial charge on any atom is 0.303 e. The molecule has 5 rings (SSSR count). The Morgan fingerprint density at radius 3 is 2.27 bits per heavy atom. The lowest BCUT2D eigenvalue weighted by Gasteiger charge is -2.41. The van der Waals surface area contributed by atoms with E-state index in [4.69, 9.17) is 14.6 Å². The standard InChI is InChI=1S/C36H50N2O6/c1-35(2)19-29-20-36(3,23-35)24-38(29)21-30-18-31(26-12-10-25(22-39)11-13-26)44-34(43-30)27-14-16-28(17-15-27)37-32(40)8-6-4-5-7-9-33(41)42/h10-17,29-31,34,39H,4-9,18-24H2,1-3H3,(H,37,40)(H,41,42). The molecule has 3 aliphatic rings. The molecular formula is C36H50N2O6. The number of fused-ring (bicyclic) bond motifs is 2. The van der Waals surface area contributed by atoms with Crippen LogP contribution in [0.5, 0.6) is 0 Å². The third-order valence-corrected chi connectivity index (χ3v) is 9.59. The molecule has 2 saturated heterocycles. The van der Waals surface area contributed by atoms with Crippen molar-refractivity contribution < 1.29 is 29.3 Å². The summed E-state index contributed by atoms with van der Waals surface area (Å²) in [6, 6.07) is 16.3. The summed E-state index contributed by atoms with van der Waals surface area (Å²) in [6.07, 6.45) is 7.51. The Bertz CT molecular complexity index is 1260. The van der Waals surface area contributed by atoms with Crippen LogP contribution in [0.25, 0.3) is 0 Å². The van der Waals surface area contributed by atoms with Crippen LogP contribution in [0.1, 0.15) is 114 Å². The number of likely N-dealkylation sites (tertiary alicyclic amines) is 1. The molecule has 240 valence electrons. The van der Waals surface area contributed by atoms with Gasteiger partial charge in [0.2, 0.25) is 5.91 Å². The van der Waals surface area contributed by atoms with Crippen LogP contribution in [-0.4, -0.2) is 52.2 Å². The van der Waals surface area contributed by atoms with Gasteiger partial charge in [-0.15, -0.1) is 0 Å². The molecule has 3 fully saturated rings. The van der Waals surface area contributed by atoms with E-state index in [-0.39, 0.29) is 31.1 Å². The van der Waals surface area contributed by atoms with Gasteiger partial charge in [0.25, 0.3) is 0 Å². The highest BCUT2D eigenvalue weighted by Gasteiger charge is 2.50. The zero-order valence-corrected chi connectivity index (χ0v) is 26.6. The monoisotopic (exact) mass is 606 g/mol. The Balaban J connectivity index is 1.22. The second-order valence-corrected chi connectivity index (χ2v) is 14.5. The van der Waals surface area contributed by atoms with Gasteiger partial charge in [-0.25, -0.2) is 0 Å². The fourth-order valence-corrected chi connectivity index (χ4v) is 7.95. The van der Waals surface area contributed by atoms with Crippen LogP contribution in [0, 0.1) is 10.8 Å². The lowest BCUT2D eigenvalue weighted by Crippen LogP contribution is -2.42. The van der Waals surface area contributed by atoms with Gasteiger partial charge >= 0.3 is 5.97 Å². The van der Waals surface area contributed by atoms with Crippen LogP contribution in [0.15, 0.2) is 48.5 Å². The number of hydrogen-bond acceptors (Lipinski definition) is 6. The van der Waals surface area contributed by atoms with Crippen molar-refractivity contribution in [3.63, 3.8) is 0 Å². The van der Waals surface area contributed by atoms with Crippen molar-refractivity contribution in [2.24, 2.45) is 10.8 Å². The summed E-state index contributed by atoms with van der Waals surface area (Å²) in [5, 5.41) is 21.2. The largest absolute Gasteiger partial charge is 0.481 e. The van der Waals surface area contributed by atoms with Crippen molar-refractivity contribution in [3.05, 3.63) is 65.2 Å². The Morgan fingerprint density at radius 2 is 1.59 bits per heavy atom. The van der Waals surface area contributed by atoms with Crippen molar-refractivity contribution in [2.45, 2.75) is 116 Å². The maximum atomic E-state index is 12.5. The lowest BCUT2D eigenvalue weighted by molar-refractivity contribution is -0.253. The summed E-state index contributed by atoms with van der Waals surface area (Å²) in [5.41, 5.74) is 4.33. The molecule has 1 amide bonds. The number of amides is 1. The average Bonchev–Trinajstić information content (AvgIpc) is 3.21. The molecule has 2 aromatic carbocycles. The molecule has 5 unspecified atom stereocenters. The van der Waals surface area contributed by atoms with Gasteiger partial charge in [-0.2, -0.15) is 0 Å². The van der Waals surface area contributed by atoms with E-state index < -0.39 is 12.3 Å². The number of hydrogen-bond donors (Lipinski definition) is 3. The van der Waals surface area contributed by atoms with Crippen LogP contribution < -0.4 is 5.32 Å². The zero-order chi connectivity index (χ0) is 31.3. The molecule has 0 spiro atoms. The number of rotatable bonds is 13. The number of carbonyl (C=O) groups is 2. The zero-order valence-electron chi connectivity index (χ0n) is 26.6. The van der Waals surface area contributed by atoms with E-state index in [1.54, 1.807) is 0 Å². The van der Waals surface area contributed by atoms with Crippen molar-refractivity contribution in [1.82, 2.24) is 4.90 Å². The van der Waals surface area contributed by atoms with E-state index in [1.165, 1.54) is 19.3 Å². The normalized spacial score (nSPS) is 28.1.